The molecule has 1 saturated heterocycles. The first-order valence-corrected chi connectivity index (χ1v) is 32.7. The molecule has 7 N–H and O–H groups in total. The number of ether oxygens (including phenoxy) is 14. The highest BCUT2D eigenvalue weighted by atomic mass is 35.5. The molecule has 1 aliphatic heterocycles. The smallest absolute Gasteiger partial charge is 0.251 e. The summed E-state index contributed by atoms with van der Waals surface area (Å²) in [5.41, 5.74) is 11.3. The van der Waals surface area contributed by atoms with Gasteiger partial charge in [-0.2, -0.15) is 11.8 Å². The summed E-state index contributed by atoms with van der Waals surface area (Å²) in [5.74, 6) is 4.79. The molecular weight excluding hydrogens is 1170 g/mol. The van der Waals surface area contributed by atoms with Gasteiger partial charge in [0, 0.05) is 43.9 Å². The number of thioether (sulfide) groups is 1. The Kier molecular flexibility index (Phi) is 64.9. The van der Waals surface area contributed by atoms with Crippen molar-refractivity contribution in [1.82, 2.24) is 16.0 Å². The lowest BCUT2D eigenvalue weighted by Gasteiger charge is -2.13. The third kappa shape index (κ3) is 57.0. The molecule has 0 unspecified atom stereocenters. The number of nitrogens with two attached hydrogens (primary N) is 2. The predicted octanol–water partition coefficient (Wildman–Crippen LogP) is 5.94. The van der Waals surface area contributed by atoms with Crippen molar-refractivity contribution >= 4 is 47.5 Å². The zero-order valence-electron chi connectivity index (χ0n) is 52.8. The third-order valence-corrected chi connectivity index (χ3v) is 13.1. The first-order chi connectivity index (χ1) is 42.9. The van der Waals surface area contributed by atoms with E-state index in [-0.39, 0.29) is 37.2 Å². The first-order valence-electron chi connectivity index (χ1n) is 31.0. The maximum absolute atomic E-state index is 12.7. The van der Waals surface area contributed by atoms with Crippen LogP contribution in [0.4, 0.5) is 0 Å². The minimum absolute atomic E-state index is 0.0716. The lowest BCUT2D eigenvalue weighted by Crippen LogP contribution is -2.27. The molecule has 23 nitrogen and oxygen atoms in total. The summed E-state index contributed by atoms with van der Waals surface area (Å²) in [5, 5.41) is 8.68. The first kappa shape index (κ1) is 83.0. The number of alkyl halides is 1. The Balaban J connectivity index is 0.00000679. The van der Waals surface area contributed by atoms with Crippen LogP contribution in [0.5, 0.6) is 11.5 Å². The van der Waals surface area contributed by atoms with Gasteiger partial charge in [-0.3, -0.25) is 19.2 Å². The fourth-order valence-corrected chi connectivity index (χ4v) is 8.39. The molecule has 1 fully saturated rings. The van der Waals surface area contributed by atoms with Crippen LogP contribution in [-0.2, 0) is 84.2 Å². The van der Waals surface area contributed by atoms with E-state index in [0.29, 0.717) is 203 Å². The van der Waals surface area contributed by atoms with Crippen LogP contribution in [0, 0.1) is 0 Å². The van der Waals surface area contributed by atoms with Gasteiger partial charge in [0.25, 0.3) is 5.91 Å². The molecule has 3 rings (SSSR count). The zero-order chi connectivity index (χ0) is 63.4. The maximum atomic E-state index is 12.7. The van der Waals surface area contributed by atoms with Crippen molar-refractivity contribution in [3.8, 4) is 11.5 Å². The molecule has 2 aromatic carbocycles. The average Bonchev–Trinajstić information content (AvgIpc) is 4.12. The Morgan fingerprint density at radius 1 is 0.483 bits per heavy atom. The average molecular weight is 1280 g/mol. The minimum Gasteiger partial charge on any atom is -0.490 e. The number of halogens is 1. The van der Waals surface area contributed by atoms with E-state index in [0.717, 1.165) is 62.0 Å². The van der Waals surface area contributed by atoms with E-state index in [9.17, 15) is 14.4 Å². The van der Waals surface area contributed by atoms with Crippen LogP contribution in [0.2, 0.25) is 0 Å². The zero-order valence-corrected chi connectivity index (χ0v) is 54.4. The minimum atomic E-state index is -0.143. The van der Waals surface area contributed by atoms with Crippen molar-refractivity contribution < 1.29 is 85.5 Å². The van der Waals surface area contributed by atoms with Gasteiger partial charge in [0.15, 0.2) is 11.5 Å². The Morgan fingerprint density at radius 3 is 1.34 bits per heavy atom. The molecule has 0 aliphatic carbocycles. The molecule has 0 atom stereocenters. The van der Waals surface area contributed by atoms with E-state index in [2.05, 4.69) is 52.2 Å². The van der Waals surface area contributed by atoms with E-state index < -0.39 is 0 Å². The molecule has 504 valence electrons. The van der Waals surface area contributed by atoms with Gasteiger partial charge in [0.2, 0.25) is 18.2 Å². The number of carbonyl (C=O) groups is 4. The summed E-state index contributed by atoms with van der Waals surface area (Å²) in [7, 11) is 1.50. The van der Waals surface area contributed by atoms with Crippen LogP contribution in [0.3, 0.4) is 0 Å². The van der Waals surface area contributed by atoms with E-state index in [4.69, 9.17) is 82.7 Å². The normalized spacial score (nSPS) is 11.6. The van der Waals surface area contributed by atoms with Gasteiger partial charge in [-0.25, -0.2) is 0 Å². The number of unbranched alkanes of at least 4 members (excludes halogenated alkanes) is 3. The number of carbonyl (C=O) groups excluding carboxylic acids is 4. The van der Waals surface area contributed by atoms with Crippen LogP contribution >= 0.6 is 23.4 Å². The predicted molar refractivity (Wildman–Crippen MR) is 341 cm³/mol. The third-order valence-electron chi connectivity index (χ3n) is 11.7. The molecule has 1 heterocycles. The SMILES string of the molecule is C1CCSC1.CCCCC(=O)NCCOCCOCCOCCOCCOCCOCCOCCOCCOCCOCCOCCOCCC(=O)NCc1ccc(C(=O)NCCCCOc2ccc(CCCCCl)cc2OCC)cc1.CN.NC=O. The summed E-state index contributed by atoms with van der Waals surface area (Å²) >= 11 is 7.89. The lowest BCUT2D eigenvalue weighted by molar-refractivity contribution is -0.123. The fourth-order valence-electron chi connectivity index (χ4n) is 7.18. The second kappa shape index (κ2) is 68.0. The summed E-state index contributed by atoms with van der Waals surface area (Å²) in [6, 6.07) is 13.3. The van der Waals surface area contributed by atoms with E-state index in [1.165, 1.54) is 37.0 Å². The monoisotopic (exact) mass is 1280 g/mol. The van der Waals surface area contributed by atoms with E-state index in [1.54, 1.807) is 12.1 Å². The second-order valence-corrected chi connectivity index (χ2v) is 20.3. The Morgan fingerprint density at radius 2 is 0.920 bits per heavy atom. The summed E-state index contributed by atoms with van der Waals surface area (Å²) in [6.45, 7) is 17.5. The van der Waals surface area contributed by atoms with Gasteiger partial charge in [0.05, 0.1) is 172 Å². The van der Waals surface area contributed by atoms with Crippen LogP contribution in [0.1, 0.15) is 99.5 Å². The molecule has 0 saturated carbocycles. The van der Waals surface area contributed by atoms with Crippen molar-refractivity contribution in [1.29, 1.82) is 0 Å². The highest BCUT2D eigenvalue weighted by Gasteiger charge is 2.10. The van der Waals surface area contributed by atoms with Gasteiger partial charge in [-0.1, -0.05) is 31.5 Å². The summed E-state index contributed by atoms with van der Waals surface area (Å²) in [6.07, 6.45) is 10.4. The van der Waals surface area contributed by atoms with E-state index in [1.807, 2.05) is 31.2 Å². The van der Waals surface area contributed by atoms with E-state index >= 15 is 0 Å². The van der Waals surface area contributed by atoms with Crippen molar-refractivity contribution in [2.24, 2.45) is 11.5 Å². The van der Waals surface area contributed by atoms with Gasteiger partial charge >= 0.3 is 0 Å². The quantitative estimate of drug-likeness (QED) is 0.0291. The highest BCUT2D eigenvalue weighted by Crippen LogP contribution is 2.29. The number of rotatable bonds is 57. The largest absolute Gasteiger partial charge is 0.490 e. The number of benzene rings is 2. The number of amides is 4. The van der Waals surface area contributed by atoms with Crippen LogP contribution in [0.25, 0.3) is 0 Å². The van der Waals surface area contributed by atoms with Gasteiger partial charge in [-0.15, -0.1) is 11.6 Å². The molecule has 0 aromatic heterocycles. The number of hydrogen-bond acceptors (Lipinski definition) is 20. The van der Waals surface area contributed by atoms with Crippen LogP contribution < -0.4 is 36.9 Å². The number of hydrogen-bond donors (Lipinski definition) is 5. The van der Waals surface area contributed by atoms with Crippen molar-refractivity contribution in [3.63, 3.8) is 0 Å². The molecule has 87 heavy (non-hydrogen) atoms. The van der Waals surface area contributed by atoms with Crippen molar-refractivity contribution in [3.05, 3.63) is 59.2 Å². The molecular formula is C62H110ClN5O18S. The molecule has 2 aromatic rings. The number of nitrogens with one attached hydrogen (secondary N) is 3. The standard InChI is InChI=1S/C56H94ClN3O17.C4H8S.CH3NO.CH5N/c1-3-5-11-54(61)58-21-24-65-26-28-67-30-32-69-34-36-71-38-40-73-42-44-75-46-45-74-43-41-72-39-37-70-35-33-68-31-29-66-27-25-64-23-18-55(62)60-48-50-12-15-51(16-13-50)56(63)59-20-8-9-22-77-52-17-14-49(10-6-7-19-57)47-53(52)76-4-2;1-2-4-5-3-1;2-1-3;1-2/h12-17,47H,3-11,18-46,48H2,1-2H3,(H,58,61)(H,59,63)(H,60,62);1-4H2;1H,(H2,2,3);2H2,1H3. The van der Waals surface area contributed by atoms with Gasteiger partial charge in [-0.05, 0) is 112 Å². The van der Waals surface area contributed by atoms with Gasteiger partial charge in [0.1, 0.15) is 0 Å². The Hall–Kier alpha value is -3.96. The summed E-state index contributed by atoms with van der Waals surface area (Å²) in [4.78, 5) is 45.1. The molecule has 4 amide bonds. The van der Waals surface area contributed by atoms with Crippen LogP contribution in [0.15, 0.2) is 42.5 Å². The van der Waals surface area contributed by atoms with Crippen LogP contribution in [-0.4, -0.2) is 233 Å². The number of primary amides is 1. The lowest BCUT2D eigenvalue weighted by atomic mass is 10.1. The maximum Gasteiger partial charge on any atom is 0.251 e. The molecule has 0 radical (unpaired) electrons. The molecule has 0 bridgehead atoms. The summed E-state index contributed by atoms with van der Waals surface area (Å²) < 4.78 is 77.8. The Labute approximate surface area is 529 Å². The molecule has 1 aliphatic rings. The number of aryl methyl sites for hydroxylation is 1. The topological polar surface area (TPSA) is 286 Å². The molecule has 25 heteroatoms. The fraction of sp³-hybridized carbons (Fsp3) is 0.742. The van der Waals surface area contributed by atoms with Crippen molar-refractivity contribution in [2.45, 2.75) is 91.0 Å². The highest BCUT2D eigenvalue weighted by molar-refractivity contribution is 7.99. The van der Waals surface area contributed by atoms with Gasteiger partial charge < -0.3 is 93.7 Å². The Bertz CT molecular complexity index is 1830. The second-order valence-electron chi connectivity index (χ2n) is 18.7. The molecule has 0 spiro atoms. The van der Waals surface area contributed by atoms with Crippen molar-refractivity contribution in [2.75, 3.05) is 209 Å².